The van der Waals surface area contributed by atoms with Crippen LogP contribution in [0.1, 0.15) is 58.0 Å². The molecule has 0 spiro atoms. The molecule has 1 aromatic carbocycles. The standard InChI is InChI=1S/C29H33ClF4N8O3/c1-28(39(2)3)13-41(14-28)26(43)24-22(30)19-11-40(8-5-9-42(19)38-24)25-15-12-45-20(10-18(15)36-27(37-25)44-4)21-16(29(32,33)34)6-7-17(35)23(21)31/h6-7,20H,5,8-14,35H2,1-4H3. The lowest BCUT2D eigenvalue weighted by Gasteiger charge is -2.51. The van der Waals surface area contributed by atoms with Crippen molar-refractivity contribution in [2.45, 2.75) is 57.3 Å². The van der Waals surface area contributed by atoms with Crippen LogP contribution in [0.25, 0.3) is 0 Å². The van der Waals surface area contributed by atoms with Crippen molar-refractivity contribution in [1.29, 1.82) is 0 Å². The van der Waals surface area contributed by atoms with Gasteiger partial charge in [-0.3, -0.25) is 9.48 Å². The zero-order chi connectivity index (χ0) is 32.4. The molecule has 3 aliphatic rings. The summed E-state index contributed by atoms with van der Waals surface area (Å²) in [5.74, 6) is -0.966. The van der Waals surface area contributed by atoms with Crippen LogP contribution in [0.2, 0.25) is 5.02 Å². The first-order chi connectivity index (χ1) is 21.2. The van der Waals surface area contributed by atoms with Crippen molar-refractivity contribution in [2.75, 3.05) is 51.5 Å². The Morgan fingerprint density at radius 2 is 1.96 bits per heavy atom. The van der Waals surface area contributed by atoms with E-state index in [-0.39, 0.29) is 47.7 Å². The Bertz CT molecular complexity index is 1660. The number of rotatable bonds is 5. The lowest BCUT2D eigenvalue weighted by molar-refractivity contribution is -0.140. The number of nitrogens with two attached hydrogens (primary N) is 1. The maximum absolute atomic E-state index is 15.1. The van der Waals surface area contributed by atoms with E-state index >= 15 is 4.39 Å². The molecule has 0 radical (unpaired) electrons. The van der Waals surface area contributed by atoms with E-state index in [1.807, 2.05) is 19.0 Å². The quantitative estimate of drug-likeness (QED) is 0.322. The predicted molar refractivity (Wildman–Crippen MR) is 157 cm³/mol. The number of benzene rings is 1. The molecule has 0 saturated carbocycles. The Morgan fingerprint density at radius 1 is 1.22 bits per heavy atom. The molecular formula is C29H33ClF4N8O3. The molecule has 6 rings (SSSR count). The monoisotopic (exact) mass is 652 g/mol. The second-order valence-corrected chi connectivity index (χ2v) is 12.4. The molecule has 11 nitrogen and oxygen atoms in total. The third kappa shape index (κ3) is 5.44. The molecular weight excluding hydrogens is 620 g/mol. The van der Waals surface area contributed by atoms with Crippen molar-refractivity contribution < 1.29 is 31.8 Å². The van der Waals surface area contributed by atoms with Crippen molar-refractivity contribution in [3.63, 3.8) is 0 Å². The molecule has 3 aromatic rings. The number of likely N-dealkylation sites (tertiary alicyclic amines) is 1. The van der Waals surface area contributed by atoms with Gasteiger partial charge in [-0.25, -0.2) is 4.39 Å². The zero-order valence-corrected chi connectivity index (χ0v) is 26.0. The van der Waals surface area contributed by atoms with Crippen molar-refractivity contribution in [1.82, 2.24) is 29.5 Å². The summed E-state index contributed by atoms with van der Waals surface area (Å²) in [5, 5.41) is 4.83. The van der Waals surface area contributed by atoms with Crippen molar-refractivity contribution in [3.05, 3.63) is 56.7 Å². The summed E-state index contributed by atoms with van der Waals surface area (Å²) in [6.45, 7) is 4.29. The van der Waals surface area contributed by atoms with E-state index in [0.29, 0.717) is 55.4 Å². The van der Waals surface area contributed by atoms with Gasteiger partial charge in [0.25, 0.3) is 5.91 Å². The van der Waals surface area contributed by atoms with Gasteiger partial charge in [-0.1, -0.05) is 11.6 Å². The highest BCUT2D eigenvalue weighted by atomic mass is 35.5. The fourth-order valence-electron chi connectivity index (χ4n) is 6.09. The maximum atomic E-state index is 15.1. The first-order valence-electron chi connectivity index (χ1n) is 14.4. The normalized spacial score (nSPS) is 19.6. The molecule has 0 aliphatic carbocycles. The highest BCUT2D eigenvalue weighted by Gasteiger charge is 2.45. The van der Waals surface area contributed by atoms with Gasteiger partial charge in [-0.15, -0.1) is 0 Å². The number of halogens is 5. The minimum Gasteiger partial charge on any atom is -0.467 e. The minimum atomic E-state index is -4.82. The molecule has 242 valence electrons. The number of nitrogens with zero attached hydrogens (tertiary/aromatic N) is 7. The highest BCUT2D eigenvalue weighted by molar-refractivity contribution is 6.34. The van der Waals surface area contributed by atoms with Crippen molar-refractivity contribution >= 4 is 29.0 Å². The lowest BCUT2D eigenvalue weighted by Crippen LogP contribution is -2.68. The summed E-state index contributed by atoms with van der Waals surface area (Å²) in [4.78, 5) is 28.1. The fraction of sp³-hybridized carbons (Fsp3) is 0.517. The molecule has 1 atom stereocenters. The molecule has 16 heteroatoms. The van der Waals surface area contributed by atoms with Gasteiger partial charge < -0.3 is 29.9 Å². The molecule has 1 amide bonds. The van der Waals surface area contributed by atoms with Gasteiger partial charge in [-0.05, 0) is 39.6 Å². The van der Waals surface area contributed by atoms with Crippen LogP contribution in [0.15, 0.2) is 12.1 Å². The number of aromatic nitrogens is 4. The van der Waals surface area contributed by atoms with Crippen molar-refractivity contribution in [3.8, 4) is 6.01 Å². The second-order valence-electron chi connectivity index (χ2n) is 12.1. The summed E-state index contributed by atoms with van der Waals surface area (Å²) in [5.41, 5.74) is 5.01. The number of amides is 1. The summed E-state index contributed by atoms with van der Waals surface area (Å²) < 4.78 is 69.6. The molecule has 2 aromatic heterocycles. The van der Waals surface area contributed by atoms with E-state index in [0.717, 1.165) is 12.1 Å². The zero-order valence-electron chi connectivity index (χ0n) is 25.2. The summed E-state index contributed by atoms with van der Waals surface area (Å²) in [6.07, 6.45) is -5.65. The largest absolute Gasteiger partial charge is 0.467 e. The third-order valence-corrected chi connectivity index (χ3v) is 9.34. The van der Waals surface area contributed by atoms with E-state index in [9.17, 15) is 18.0 Å². The fourth-order valence-corrected chi connectivity index (χ4v) is 6.37. The molecule has 0 bridgehead atoms. The average molecular weight is 653 g/mol. The number of carbonyl (C=O) groups excluding carboxylic acids is 1. The van der Waals surface area contributed by atoms with Gasteiger partial charge in [0.1, 0.15) is 5.82 Å². The van der Waals surface area contributed by atoms with Gasteiger partial charge >= 0.3 is 12.2 Å². The minimum absolute atomic E-state index is 0.00469. The average Bonchev–Trinajstić information content (AvgIpc) is 3.14. The molecule has 5 heterocycles. The molecule has 3 aliphatic heterocycles. The van der Waals surface area contributed by atoms with Gasteiger partial charge in [0.15, 0.2) is 11.5 Å². The van der Waals surface area contributed by atoms with Crippen LogP contribution in [0.5, 0.6) is 6.01 Å². The van der Waals surface area contributed by atoms with Crippen LogP contribution in [0, 0.1) is 5.82 Å². The molecule has 1 unspecified atom stereocenters. The summed E-state index contributed by atoms with van der Waals surface area (Å²) >= 11 is 6.80. The highest BCUT2D eigenvalue weighted by Crippen LogP contribution is 2.43. The number of alkyl halides is 3. The number of aryl methyl sites for hydroxylation is 1. The maximum Gasteiger partial charge on any atom is 0.416 e. The Labute approximate surface area is 261 Å². The molecule has 2 N–H and O–H groups in total. The Hall–Kier alpha value is -3.69. The van der Waals surface area contributed by atoms with Gasteiger partial charge in [0.05, 0.1) is 59.6 Å². The number of hydrogen-bond acceptors (Lipinski definition) is 9. The first kappa shape index (κ1) is 31.3. The van der Waals surface area contributed by atoms with E-state index < -0.39 is 34.9 Å². The number of carbonyl (C=O) groups is 1. The van der Waals surface area contributed by atoms with Crippen LogP contribution in [-0.4, -0.2) is 81.8 Å². The van der Waals surface area contributed by atoms with Crippen molar-refractivity contribution in [2.24, 2.45) is 0 Å². The Balaban J connectivity index is 1.30. The van der Waals surface area contributed by atoms with E-state index in [1.54, 1.807) is 9.58 Å². The molecule has 1 fully saturated rings. The number of hydrogen-bond donors (Lipinski definition) is 1. The first-order valence-corrected chi connectivity index (χ1v) is 14.8. The number of nitrogen functional groups attached to an aromatic ring is 1. The van der Waals surface area contributed by atoms with E-state index in [2.05, 4.69) is 26.9 Å². The van der Waals surface area contributed by atoms with E-state index in [1.165, 1.54) is 7.11 Å². The smallest absolute Gasteiger partial charge is 0.416 e. The summed E-state index contributed by atoms with van der Waals surface area (Å²) in [6, 6.07) is 1.64. The topological polar surface area (TPSA) is 115 Å². The van der Waals surface area contributed by atoms with Gasteiger partial charge in [0.2, 0.25) is 0 Å². The number of fused-ring (bicyclic) bond motifs is 2. The molecule has 45 heavy (non-hydrogen) atoms. The number of ether oxygens (including phenoxy) is 2. The number of methoxy groups -OCH3 is 1. The summed E-state index contributed by atoms with van der Waals surface area (Å²) in [7, 11) is 5.33. The van der Waals surface area contributed by atoms with Crippen LogP contribution >= 0.6 is 11.6 Å². The number of likely N-dealkylation sites (N-methyl/N-ethyl adjacent to an activating group) is 1. The van der Waals surface area contributed by atoms with Crippen LogP contribution in [-0.2, 0) is 37.0 Å². The van der Waals surface area contributed by atoms with Crippen LogP contribution < -0.4 is 15.4 Å². The Kier molecular flexibility index (Phi) is 7.85. The van der Waals surface area contributed by atoms with E-state index in [4.69, 9.17) is 26.8 Å². The third-order valence-electron chi connectivity index (χ3n) is 8.94. The second kappa shape index (κ2) is 11.3. The SMILES string of the molecule is COc1nc2c(c(N3CCCn4nc(C(=O)N5CC(C)(N(C)C)C5)c(Cl)c4C3)n1)COC(c1c(C(F)(F)F)ccc(N)c1F)C2. The van der Waals surface area contributed by atoms with Gasteiger partial charge in [-0.2, -0.15) is 28.2 Å². The Morgan fingerprint density at radius 3 is 2.62 bits per heavy atom. The lowest BCUT2D eigenvalue weighted by atomic mass is 9.90. The van der Waals surface area contributed by atoms with Crippen LogP contribution in [0.3, 0.4) is 0 Å². The predicted octanol–water partition coefficient (Wildman–Crippen LogP) is 4.08. The van der Waals surface area contributed by atoms with Crippen LogP contribution in [0.4, 0.5) is 29.1 Å². The number of anilines is 2. The molecule has 1 saturated heterocycles. The van der Waals surface area contributed by atoms with Gasteiger partial charge in [0, 0.05) is 43.7 Å².